The molecule has 0 spiro atoms. The average Bonchev–Trinajstić information content (AvgIpc) is 3.01. The Morgan fingerprint density at radius 2 is 1.75 bits per heavy atom. The zero-order valence-corrected chi connectivity index (χ0v) is 11.9. The number of fused-ring (bicyclic) bond motifs is 1. The predicted octanol–water partition coefficient (Wildman–Crippen LogP) is 2.48. The first kappa shape index (κ1) is 15.2. The lowest BCUT2D eigenvalue weighted by Gasteiger charge is -2.07. The number of nitro benzene ring substituents is 2. The molecule has 0 saturated carbocycles. The standard InChI is InChI=1S/C14H9N3O7/c18-14(8-2-1-3-9(4-8)16(19)20)15-10-5-12-13(24-7-23-12)6-11(10)17(21)22/h1-6H,7H2,(H,15,18). The van der Waals surface area contributed by atoms with Gasteiger partial charge in [-0.3, -0.25) is 25.0 Å². The molecule has 2 aromatic carbocycles. The van der Waals surface area contributed by atoms with Crippen molar-refractivity contribution in [3.8, 4) is 11.5 Å². The second-order valence-corrected chi connectivity index (χ2v) is 4.74. The van der Waals surface area contributed by atoms with Crippen molar-refractivity contribution in [3.05, 3.63) is 62.2 Å². The number of carbonyl (C=O) groups excluding carboxylic acids is 1. The van der Waals surface area contributed by atoms with Gasteiger partial charge in [0.05, 0.1) is 15.9 Å². The fraction of sp³-hybridized carbons (Fsp3) is 0.0714. The molecule has 3 rings (SSSR count). The van der Waals surface area contributed by atoms with E-state index in [4.69, 9.17) is 9.47 Å². The first-order chi connectivity index (χ1) is 11.5. The molecule has 1 amide bonds. The highest BCUT2D eigenvalue weighted by atomic mass is 16.7. The Morgan fingerprint density at radius 3 is 2.42 bits per heavy atom. The van der Waals surface area contributed by atoms with Crippen molar-refractivity contribution >= 4 is 23.0 Å². The van der Waals surface area contributed by atoms with Crippen molar-refractivity contribution in [1.29, 1.82) is 0 Å². The highest BCUT2D eigenvalue weighted by Gasteiger charge is 2.25. The molecule has 1 aliphatic heterocycles. The van der Waals surface area contributed by atoms with Gasteiger partial charge in [0.1, 0.15) is 5.69 Å². The minimum absolute atomic E-state index is 0.00355. The zero-order chi connectivity index (χ0) is 17.3. The van der Waals surface area contributed by atoms with E-state index in [9.17, 15) is 25.0 Å². The Morgan fingerprint density at radius 1 is 1.04 bits per heavy atom. The molecule has 2 aromatic rings. The Bertz CT molecular complexity index is 865. The van der Waals surface area contributed by atoms with Gasteiger partial charge in [0.15, 0.2) is 11.5 Å². The summed E-state index contributed by atoms with van der Waals surface area (Å²) < 4.78 is 10.2. The molecule has 0 unspecified atom stereocenters. The number of nitrogens with zero attached hydrogens (tertiary/aromatic N) is 2. The highest BCUT2D eigenvalue weighted by molar-refractivity contribution is 6.06. The summed E-state index contributed by atoms with van der Waals surface area (Å²) >= 11 is 0. The van der Waals surface area contributed by atoms with E-state index < -0.39 is 15.8 Å². The van der Waals surface area contributed by atoms with Gasteiger partial charge < -0.3 is 14.8 Å². The lowest BCUT2D eigenvalue weighted by molar-refractivity contribution is -0.384. The molecule has 0 radical (unpaired) electrons. The van der Waals surface area contributed by atoms with Crippen LogP contribution < -0.4 is 14.8 Å². The summed E-state index contributed by atoms with van der Waals surface area (Å²) in [4.78, 5) is 32.8. The average molecular weight is 331 g/mol. The molecule has 0 aliphatic carbocycles. The summed E-state index contributed by atoms with van der Waals surface area (Å²) in [6.45, 7) is -0.0746. The largest absolute Gasteiger partial charge is 0.454 e. The molecule has 0 saturated heterocycles. The van der Waals surface area contributed by atoms with Gasteiger partial charge in [-0.1, -0.05) is 6.07 Å². The Kier molecular flexibility index (Phi) is 3.70. The monoisotopic (exact) mass is 331 g/mol. The Hall–Kier alpha value is -3.69. The fourth-order valence-electron chi connectivity index (χ4n) is 2.14. The zero-order valence-electron chi connectivity index (χ0n) is 11.9. The van der Waals surface area contributed by atoms with E-state index in [1.807, 2.05) is 0 Å². The normalized spacial score (nSPS) is 11.8. The van der Waals surface area contributed by atoms with Crippen molar-refractivity contribution in [2.75, 3.05) is 12.1 Å². The number of non-ortho nitro benzene ring substituents is 1. The summed E-state index contributed by atoms with van der Waals surface area (Å²) in [7, 11) is 0. The van der Waals surface area contributed by atoms with Crippen LogP contribution in [0.1, 0.15) is 10.4 Å². The van der Waals surface area contributed by atoms with Gasteiger partial charge in [-0.2, -0.15) is 0 Å². The number of nitro groups is 2. The SMILES string of the molecule is O=C(Nc1cc2c(cc1[N+](=O)[O-])OCO2)c1cccc([N+](=O)[O-])c1. The molecule has 10 nitrogen and oxygen atoms in total. The van der Waals surface area contributed by atoms with Crippen LogP contribution in [0.3, 0.4) is 0 Å². The van der Waals surface area contributed by atoms with Crippen LogP contribution in [-0.2, 0) is 0 Å². The molecular formula is C14H9N3O7. The number of hydrogen-bond acceptors (Lipinski definition) is 7. The van der Waals surface area contributed by atoms with Crippen LogP contribution in [0.15, 0.2) is 36.4 Å². The third kappa shape index (κ3) is 2.79. The van der Waals surface area contributed by atoms with Gasteiger partial charge in [0, 0.05) is 23.8 Å². The molecule has 0 bridgehead atoms. The molecule has 0 fully saturated rings. The van der Waals surface area contributed by atoms with Crippen molar-refractivity contribution in [2.45, 2.75) is 0 Å². The number of rotatable bonds is 4. The summed E-state index contributed by atoms with van der Waals surface area (Å²) in [5.41, 5.74) is -0.738. The van der Waals surface area contributed by atoms with Crippen LogP contribution >= 0.6 is 0 Å². The first-order valence-electron chi connectivity index (χ1n) is 6.59. The summed E-state index contributed by atoms with van der Waals surface area (Å²) in [5.74, 6) is -0.259. The van der Waals surface area contributed by atoms with Crippen LogP contribution in [0, 0.1) is 20.2 Å². The van der Waals surface area contributed by atoms with E-state index in [2.05, 4.69) is 5.32 Å². The lowest BCUT2D eigenvalue weighted by atomic mass is 10.1. The fourth-order valence-corrected chi connectivity index (χ4v) is 2.14. The van der Waals surface area contributed by atoms with E-state index >= 15 is 0 Å². The smallest absolute Gasteiger partial charge is 0.296 e. The van der Waals surface area contributed by atoms with Gasteiger partial charge in [-0.25, -0.2) is 0 Å². The predicted molar refractivity (Wildman–Crippen MR) is 80.3 cm³/mol. The number of carbonyl (C=O) groups is 1. The van der Waals surface area contributed by atoms with Crippen LogP contribution in [0.5, 0.6) is 11.5 Å². The van der Waals surface area contributed by atoms with Crippen molar-refractivity contribution < 1.29 is 24.1 Å². The van der Waals surface area contributed by atoms with Gasteiger partial charge >= 0.3 is 0 Å². The maximum atomic E-state index is 12.2. The number of anilines is 1. The molecule has 1 aliphatic rings. The van der Waals surface area contributed by atoms with E-state index in [0.29, 0.717) is 0 Å². The van der Waals surface area contributed by atoms with Gasteiger partial charge in [0.25, 0.3) is 17.3 Å². The first-order valence-corrected chi connectivity index (χ1v) is 6.59. The summed E-state index contributed by atoms with van der Waals surface area (Å²) in [6.07, 6.45) is 0. The van der Waals surface area contributed by atoms with E-state index in [1.54, 1.807) is 0 Å². The topological polar surface area (TPSA) is 134 Å². The van der Waals surface area contributed by atoms with Crippen LogP contribution in [-0.4, -0.2) is 22.5 Å². The van der Waals surface area contributed by atoms with Crippen molar-refractivity contribution in [1.82, 2.24) is 0 Å². The molecular weight excluding hydrogens is 322 g/mol. The highest BCUT2D eigenvalue weighted by Crippen LogP contribution is 2.40. The van der Waals surface area contributed by atoms with Gasteiger partial charge in [-0.15, -0.1) is 0 Å². The quantitative estimate of drug-likeness (QED) is 0.671. The number of nitrogens with one attached hydrogen (secondary N) is 1. The molecule has 0 atom stereocenters. The van der Waals surface area contributed by atoms with E-state index in [1.165, 1.54) is 24.3 Å². The molecule has 1 heterocycles. The molecule has 1 N–H and O–H groups in total. The second-order valence-electron chi connectivity index (χ2n) is 4.74. The Labute approximate surface area is 133 Å². The van der Waals surface area contributed by atoms with Crippen molar-refractivity contribution in [2.24, 2.45) is 0 Å². The maximum absolute atomic E-state index is 12.2. The number of hydrogen-bond donors (Lipinski definition) is 1. The third-order valence-corrected chi connectivity index (χ3v) is 3.25. The molecule has 0 aromatic heterocycles. The third-order valence-electron chi connectivity index (χ3n) is 3.25. The molecule has 10 heteroatoms. The van der Waals surface area contributed by atoms with Gasteiger partial charge in [0.2, 0.25) is 6.79 Å². The molecule has 122 valence electrons. The minimum atomic E-state index is -0.722. The number of ether oxygens (including phenoxy) is 2. The molecule has 24 heavy (non-hydrogen) atoms. The van der Waals surface area contributed by atoms with Crippen LogP contribution in [0.25, 0.3) is 0 Å². The number of benzene rings is 2. The second kappa shape index (κ2) is 5.83. The maximum Gasteiger partial charge on any atom is 0.296 e. The lowest BCUT2D eigenvalue weighted by Crippen LogP contribution is -2.13. The van der Waals surface area contributed by atoms with E-state index in [-0.39, 0.29) is 40.9 Å². The summed E-state index contributed by atoms with van der Waals surface area (Å²) in [6, 6.07) is 7.44. The van der Waals surface area contributed by atoms with E-state index in [0.717, 1.165) is 12.1 Å². The minimum Gasteiger partial charge on any atom is -0.454 e. The van der Waals surface area contributed by atoms with Crippen molar-refractivity contribution in [3.63, 3.8) is 0 Å². The summed E-state index contributed by atoms with van der Waals surface area (Å²) in [5, 5.41) is 24.3. The van der Waals surface area contributed by atoms with Gasteiger partial charge in [-0.05, 0) is 6.07 Å². The van der Waals surface area contributed by atoms with Crippen LogP contribution in [0.4, 0.5) is 17.1 Å². The Balaban J connectivity index is 1.93. The van der Waals surface area contributed by atoms with Crippen LogP contribution in [0.2, 0.25) is 0 Å². The number of amides is 1.